The van der Waals surface area contributed by atoms with Crippen LogP contribution in [0.4, 0.5) is 0 Å². The van der Waals surface area contributed by atoms with Crippen LogP contribution in [0.25, 0.3) is 0 Å². The van der Waals surface area contributed by atoms with Crippen LogP contribution in [0.3, 0.4) is 0 Å². The van der Waals surface area contributed by atoms with E-state index in [9.17, 15) is 0 Å². The fourth-order valence-corrected chi connectivity index (χ4v) is 9.84. The summed E-state index contributed by atoms with van der Waals surface area (Å²) in [6, 6.07) is 0. The van der Waals surface area contributed by atoms with Gasteiger partial charge in [0, 0.05) is 0 Å². The molecule has 0 N–H and O–H groups in total. The fraction of sp³-hybridized carbons (Fsp3) is 0.600. The van der Waals surface area contributed by atoms with Gasteiger partial charge in [-0.2, -0.15) is 0 Å². The SMILES string of the molecule is ClC1=C(Cl)C2(Cl)C3(Cl)C(Cl)=C(Cl)C(Cl)(C3(Cl)Cl)C2(Cl)C1(Cl)Cl. The van der Waals surface area contributed by atoms with E-state index in [4.69, 9.17) is 139 Å². The summed E-state index contributed by atoms with van der Waals surface area (Å²) < 4.78 is -4.17. The first kappa shape index (κ1) is 19.7. The number of hydrogen-bond donors (Lipinski definition) is 0. The van der Waals surface area contributed by atoms with E-state index in [0.717, 1.165) is 0 Å². The first-order valence-electron chi connectivity index (χ1n) is 5.27. The number of halogens is 12. The first-order valence-corrected chi connectivity index (χ1v) is 9.80. The number of allylic oxidation sites excluding steroid dienone is 4. The van der Waals surface area contributed by atoms with Gasteiger partial charge >= 0.3 is 0 Å². The third kappa shape index (κ3) is 1.40. The predicted molar refractivity (Wildman–Crippen MR) is 101 cm³/mol. The van der Waals surface area contributed by atoms with E-state index < -0.39 is 28.2 Å². The molecule has 1 fully saturated rings. The van der Waals surface area contributed by atoms with E-state index in [1.807, 2.05) is 0 Å². The lowest BCUT2D eigenvalue weighted by Gasteiger charge is -2.48. The van der Waals surface area contributed by atoms with Gasteiger partial charge in [0.25, 0.3) is 0 Å². The topological polar surface area (TPSA) is 0 Å². The van der Waals surface area contributed by atoms with Crippen LogP contribution in [0.15, 0.2) is 20.1 Å². The first-order chi connectivity index (χ1) is 9.63. The van der Waals surface area contributed by atoms with E-state index in [2.05, 4.69) is 0 Å². The fourth-order valence-electron chi connectivity index (χ4n) is 3.20. The van der Waals surface area contributed by atoms with Gasteiger partial charge in [-0.3, -0.25) is 0 Å². The largest absolute Gasteiger partial charge is 0.178 e. The van der Waals surface area contributed by atoms with Crippen molar-refractivity contribution in [3.05, 3.63) is 20.1 Å². The molecule has 124 valence electrons. The van der Waals surface area contributed by atoms with Crippen LogP contribution < -0.4 is 0 Å². The normalized spacial score (nSPS) is 51.8. The Morgan fingerprint density at radius 3 is 1.27 bits per heavy atom. The molecule has 0 aromatic heterocycles. The summed E-state index contributed by atoms with van der Waals surface area (Å²) in [7, 11) is 0. The second-order valence-electron chi connectivity index (χ2n) is 5.04. The second-order valence-corrected chi connectivity index (χ2v) is 11.5. The molecule has 0 amide bonds. The highest BCUT2D eigenvalue weighted by Gasteiger charge is 2.99. The molecule has 0 aromatic carbocycles. The molecular weight excluding hydrogens is 546 g/mol. The quantitative estimate of drug-likeness (QED) is 0.274. The smallest absolute Gasteiger partial charge is 0.111 e. The summed E-state index contributed by atoms with van der Waals surface area (Å²) in [4.78, 5) is -8.18. The number of alkyl halides is 8. The van der Waals surface area contributed by atoms with Crippen LogP contribution in [0, 0.1) is 0 Å². The zero-order valence-corrected chi connectivity index (χ0v) is 18.6. The van der Waals surface area contributed by atoms with Crippen molar-refractivity contribution in [1.82, 2.24) is 0 Å². The average Bonchev–Trinajstić information content (AvgIpc) is 2.65. The van der Waals surface area contributed by atoms with Crippen molar-refractivity contribution in [2.24, 2.45) is 0 Å². The monoisotopic (exact) mass is 540 g/mol. The lowest BCUT2D eigenvalue weighted by Crippen LogP contribution is -2.64. The maximum atomic E-state index is 6.69. The van der Waals surface area contributed by atoms with Crippen molar-refractivity contribution in [3.63, 3.8) is 0 Å². The van der Waals surface area contributed by atoms with Crippen LogP contribution in [-0.4, -0.2) is 28.2 Å². The van der Waals surface area contributed by atoms with E-state index in [0.29, 0.717) is 0 Å². The van der Waals surface area contributed by atoms with E-state index in [1.54, 1.807) is 0 Å². The molecule has 3 rings (SSSR count). The van der Waals surface area contributed by atoms with Crippen LogP contribution in [-0.2, 0) is 0 Å². The Labute approximate surface area is 185 Å². The molecule has 0 saturated heterocycles. The molecule has 4 atom stereocenters. The highest BCUT2D eigenvalue weighted by molar-refractivity contribution is 6.75. The van der Waals surface area contributed by atoms with Crippen LogP contribution in [0.1, 0.15) is 0 Å². The van der Waals surface area contributed by atoms with Crippen LogP contribution in [0.5, 0.6) is 0 Å². The molecule has 3 aliphatic rings. The summed E-state index contributed by atoms with van der Waals surface area (Å²) in [5.41, 5.74) is 0. The Morgan fingerprint density at radius 2 is 0.818 bits per heavy atom. The van der Waals surface area contributed by atoms with Gasteiger partial charge in [-0.05, 0) is 0 Å². The molecule has 3 aliphatic carbocycles. The van der Waals surface area contributed by atoms with E-state index >= 15 is 0 Å². The highest BCUT2D eigenvalue weighted by atomic mass is 35.5. The van der Waals surface area contributed by atoms with Gasteiger partial charge in [-0.1, -0.05) is 92.8 Å². The van der Waals surface area contributed by atoms with Gasteiger partial charge in [-0.25, -0.2) is 0 Å². The van der Waals surface area contributed by atoms with Crippen molar-refractivity contribution < 1.29 is 0 Å². The van der Waals surface area contributed by atoms with Gasteiger partial charge in [0.2, 0.25) is 0 Å². The summed E-state index contributed by atoms with van der Waals surface area (Å²) in [6.07, 6.45) is 0. The van der Waals surface area contributed by atoms with Crippen molar-refractivity contribution in [3.8, 4) is 0 Å². The van der Waals surface area contributed by atoms with Crippen molar-refractivity contribution in [2.75, 3.05) is 0 Å². The molecule has 2 bridgehead atoms. The second kappa shape index (κ2) is 4.86. The molecule has 0 radical (unpaired) electrons. The maximum absolute atomic E-state index is 6.69. The Bertz CT molecular complexity index is 677. The number of rotatable bonds is 0. The zero-order valence-electron chi connectivity index (χ0n) is 9.54. The third-order valence-corrected chi connectivity index (χ3v) is 12.9. The molecule has 1 saturated carbocycles. The van der Waals surface area contributed by atoms with Gasteiger partial charge in [0.1, 0.15) is 19.5 Å². The Morgan fingerprint density at radius 1 is 0.455 bits per heavy atom. The molecule has 22 heavy (non-hydrogen) atoms. The standard InChI is InChI=1S/C10Cl12/c11-1-2(12)7(17)9(20)5(15,6(1,16)10(7,21)22)3(13)4(14)8(9,18)19. The van der Waals surface area contributed by atoms with Gasteiger partial charge in [0.15, 0.2) is 8.67 Å². The zero-order chi connectivity index (χ0) is 17.3. The third-order valence-electron chi connectivity index (χ3n) is 4.29. The summed E-state index contributed by atoms with van der Waals surface area (Å²) >= 11 is 76.8. The summed E-state index contributed by atoms with van der Waals surface area (Å²) in [6.45, 7) is 0. The molecule has 0 spiro atoms. The van der Waals surface area contributed by atoms with Crippen molar-refractivity contribution in [1.29, 1.82) is 0 Å². The molecule has 0 nitrogen and oxygen atoms in total. The highest BCUT2D eigenvalue weighted by Crippen LogP contribution is 2.88. The molecule has 0 aromatic rings. The molecule has 0 heterocycles. The Kier molecular flexibility index (Phi) is 4.36. The minimum atomic E-state index is -2.09. The van der Waals surface area contributed by atoms with E-state index in [1.165, 1.54) is 0 Å². The molecule has 0 aliphatic heterocycles. The minimum absolute atomic E-state index is 0.212. The van der Waals surface area contributed by atoms with Gasteiger partial charge in [-0.15, -0.1) is 46.4 Å². The number of fused-ring (bicyclic) bond motifs is 5. The Balaban J connectivity index is 2.57. The van der Waals surface area contributed by atoms with Crippen LogP contribution >= 0.6 is 139 Å². The summed E-state index contributed by atoms with van der Waals surface area (Å²) in [5, 5.41) is -0.974. The lowest BCUT2D eigenvalue weighted by molar-refractivity contribution is 0.460. The van der Waals surface area contributed by atoms with Crippen molar-refractivity contribution in [2.45, 2.75) is 28.2 Å². The predicted octanol–water partition coefficient (Wildman–Crippen LogP) is 7.66. The number of hydrogen-bond acceptors (Lipinski definition) is 0. The van der Waals surface area contributed by atoms with Crippen LogP contribution in [0.2, 0.25) is 0 Å². The molecular formula is C10Cl12. The van der Waals surface area contributed by atoms with Gasteiger partial charge in [0.05, 0.1) is 20.1 Å². The minimum Gasteiger partial charge on any atom is -0.111 e. The van der Waals surface area contributed by atoms with Crippen molar-refractivity contribution >= 4 is 139 Å². The van der Waals surface area contributed by atoms with E-state index in [-0.39, 0.29) is 20.1 Å². The van der Waals surface area contributed by atoms with Gasteiger partial charge < -0.3 is 0 Å². The lowest BCUT2D eigenvalue weighted by atomic mass is 9.82. The Hall–Kier alpha value is 2.96. The molecule has 4 unspecified atom stereocenters. The molecule has 12 heteroatoms. The maximum Gasteiger partial charge on any atom is 0.178 e. The summed E-state index contributed by atoms with van der Waals surface area (Å²) in [5.74, 6) is 0. The average molecular weight is 546 g/mol.